The molecule has 1 aromatic rings. The van der Waals surface area contributed by atoms with Crippen molar-refractivity contribution < 1.29 is 14.9 Å². The van der Waals surface area contributed by atoms with Gasteiger partial charge in [-0.05, 0) is 31.9 Å². The molecule has 2 heterocycles. The van der Waals surface area contributed by atoms with Crippen LogP contribution < -0.4 is 5.32 Å². The third-order valence-corrected chi connectivity index (χ3v) is 3.77. The molecule has 0 amide bonds. The number of rotatable bonds is 5. The third kappa shape index (κ3) is 3.65. The van der Waals surface area contributed by atoms with Crippen LogP contribution in [0.5, 0.6) is 5.75 Å². The molecule has 19 heavy (non-hydrogen) atoms. The first-order valence-corrected chi connectivity index (χ1v) is 6.70. The lowest BCUT2D eigenvalue weighted by molar-refractivity contribution is -0.0154. The zero-order valence-electron chi connectivity index (χ0n) is 11.4. The minimum atomic E-state index is -0.0995. The van der Waals surface area contributed by atoms with E-state index in [1.54, 1.807) is 12.1 Å². The molecule has 3 N–H and O–H groups in total. The van der Waals surface area contributed by atoms with Gasteiger partial charge in [-0.15, -0.1) is 0 Å². The van der Waals surface area contributed by atoms with E-state index in [0.717, 1.165) is 18.5 Å². The van der Waals surface area contributed by atoms with Gasteiger partial charge >= 0.3 is 0 Å². The average Bonchev–Trinajstić information content (AvgIpc) is 2.44. The van der Waals surface area contributed by atoms with Crippen molar-refractivity contribution in [2.24, 2.45) is 5.41 Å². The number of nitrogens with one attached hydrogen (secondary N) is 1. The zero-order valence-corrected chi connectivity index (χ0v) is 11.4. The van der Waals surface area contributed by atoms with Crippen LogP contribution in [0.15, 0.2) is 12.1 Å². The molecule has 0 atom stereocenters. The normalized spacial score (nSPS) is 18.4. The van der Waals surface area contributed by atoms with E-state index in [2.05, 4.69) is 10.3 Å². The molecular weight excluding hydrogens is 244 g/mol. The summed E-state index contributed by atoms with van der Waals surface area (Å²) in [5, 5.41) is 22.6. The maximum absolute atomic E-state index is 9.72. The van der Waals surface area contributed by atoms with Crippen molar-refractivity contribution in [1.29, 1.82) is 0 Å². The van der Waals surface area contributed by atoms with Crippen LogP contribution in [0.25, 0.3) is 0 Å². The van der Waals surface area contributed by atoms with Gasteiger partial charge in [0.1, 0.15) is 5.75 Å². The van der Waals surface area contributed by atoms with E-state index in [9.17, 15) is 10.2 Å². The summed E-state index contributed by atoms with van der Waals surface area (Å²) in [5.41, 5.74) is 1.44. The molecular formula is C14H22N2O3. The lowest BCUT2D eigenvalue weighted by Crippen LogP contribution is -2.41. The maximum atomic E-state index is 9.72. The van der Waals surface area contributed by atoms with Crippen molar-refractivity contribution in [3.63, 3.8) is 0 Å². The van der Waals surface area contributed by atoms with Crippen molar-refractivity contribution in [2.45, 2.75) is 26.3 Å². The molecule has 1 aliphatic heterocycles. The molecule has 0 saturated carbocycles. The van der Waals surface area contributed by atoms with E-state index < -0.39 is 0 Å². The van der Waals surface area contributed by atoms with Gasteiger partial charge in [0.25, 0.3) is 0 Å². The Hall–Kier alpha value is -1.17. The lowest BCUT2D eigenvalue weighted by atomic mass is 9.81. The topological polar surface area (TPSA) is 74.6 Å². The van der Waals surface area contributed by atoms with Crippen LogP contribution in [0, 0.1) is 12.3 Å². The Bertz CT molecular complexity index is 417. The van der Waals surface area contributed by atoms with E-state index in [-0.39, 0.29) is 17.8 Å². The monoisotopic (exact) mass is 266 g/mol. The van der Waals surface area contributed by atoms with Crippen molar-refractivity contribution >= 4 is 0 Å². The largest absolute Gasteiger partial charge is 0.506 e. The standard InChI is InChI=1S/C14H22N2O3/c1-11-2-3-13(18)12(16-11)8-15-9-14(10-17)4-6-19-7-5-14/h2-3,15,17-18H,4-10H2,1H3. The smallest absolute Gasteiger partial charge is 0.138 e. The maximum Gasteiger partial charge on any atom is 0.138 e. The van der Waals surface area contributed by atoms with Crippen molar-refractivity contribution in [3.8, 4) is 5.75 Å². The summed E-state index contributed by atoms with van der Waals surface area (Å²) in [7, 11) is 0. The van der Waals surface area contributed by atoms with Gasteiger partial charge in [0.05, 0.1) is 12.3 Å². The summed E-state index contributed by atoms with van der Waals surface area (Å²) in [4.78, 5) is 4.30. The molecule has 0 bridgehead atoms. The number of hydrogen-bond donors (Lipinski definition) is 3. The van der Waals surface area contributed by atoms with Gasteiger partial charge in [-0.25, -0.2) is 0 Å². The number of ether oxygens (including phenoxy) is 1. The molecule has 0 aliphatic carbocycles. The van der Waals surface area contributed by atoms with Crippen molar-refractivity contribution in [1.82, 2.24) is 10.3 Å². The Morgan fingerprint density at radius 1 is 1.37 bits per heavy atom. The molecule has 5 nitrogen and oxygen atoms in total. The SMILES string of the molecule is Cc1ccc(O)c(CNCC2(CO)CCOCC2)n1. The second-order valence-corrected chi connectivity index (χ2v) is 5.29. The zero-order chi connectivity index (χ0) is 13.7. The minimum absolute atomic E-state index is 0.0995. The Kier molecular flexibility index (Phi) is 4.74. The van der Waals surface area contributed by atoms with Gasteiger partial charge in [-0.2, -0.15) is 0 Å². The van der Waals surface area contributed by atoms with Gasteiger partial charge in [0.15, 0.2) is 0 Å². The molecule has 1 aliphatic rings. The molecule has 0 radical (unpaired) electrons. The second kappa shape index (κ2) is 6.32. The van der Waals surface area contributed by atoms with Gasteiger partial charge < -0.3 is 20.3 Å². The number of nitrogens with zero attached hydrogens (tertiary/aromatic N) is 1. The first-order valence-electron chi connectivity index (χ1n) is 6.70. The number of pyridine rings is 1. The van der Waals surface area contributed by atoms with E-state index in [1.165, 1.54) is 0 Å². The van der Waals surface area contributed by atoms with Crippen LogP contribution in [-0.4, -0.2) is 41.6 Å². The highest BCUT2D eigenvalue weighted by atomic mass is 16.5. The molecule has 1 fully saturated rings. The number of aryl methyl sites for hydroxylation is 1. The first kappa shape index (κ1) is 14.2. The lowest BCUT2D eigenvalue weighted by Gasteiger charge is -2.35. The summed E-state index contributed by atoms with van der Waals surface area (Å²) in [5.74, 6) is 0.211. The van der Waals surface area contributed by atoms with Crippen LogP contribution >= 0.6 is 0 Å². The average molecular weight is 266 g/mol. The molecule has 106 valence electrons. The first-order chi connectivity index (χ1) is 9.15. The Labute approximate surface area is 113 Å². The molecule has 2 rings (SSSR count). The van der Waals surface area contributed by atoms with E-state index in [0.29, 0.717) is 32.0 Å². The van der Waals surface area contributed by atoms with Gasteiger partial charge in [0.2, 0.25) is 0 Å². The summed E-state index contributed by atoms with van der Waals surface area (Å²) >= 11 is 0. The quantitative estimate of drug-likeness (QED) is 0.740. The van der Waals surface area contributed by atoms with Crippen LogP contribution in [-0.2, 0) is 11.3 Å². The third-order valence-electron chi connectivity index (χ3n) is 3.77. The summed E-state index contributed by atoms with van der Waals surface area (Å²) in [6, 6.07) is 3.45. The fraction of sp³-hybridized carbons (Fsp3) is 0.643. The van der Waals surface area contributed by atoms with E-state index in [1.807, 2.05) is 6.92 Å². The predicted molar refractivity (Wildman–Crippen MR) is 71.9 cm³/mol. The Morgan fingerprint density at radius 2 is 2.11 bits per heavy atom. The number of aliphatic hydroxyl groups excluding tert-OH is 1. The van der Waals surface area contributed by atoms with E-state index >= 15 is 0 Å². The predicted octanol–water partition coefficient (Wildman–Crippen LogP) is 0.974. The number of aromatic nitrogens is 1. The second-order valence-electron chi connectivity index (χ2n) is 5.29. The fourth-order valence-electron chi connectivity index (χ4n) is 2.37. The van der Waals surface area contributed by atoms with Crippen LogP contribution in [0.1, 0.15) is 24.2 Å². The fourth-order valence-corrected chi connectivity index (χ4v) is 2.37. The van der Waals surface area contributed by atoms with Gasteiger partial charge in [-0.3, -0.25) is 4.98 Å². The number of hydrogen-bond acceptors (Lipinski definition) is 5. The molecule has 0 unspecified atom stereocenters. The number of aromatic hydroxyl groups is 1. The van der Waals surface area contributed by atoms with Gasteiger partial charge in [-0.1, -0.05) is 0 Å². The minimum Gasteiger partial charge on any atom is -0.506 e. The molecule has 0 aromatic carbocycles. The highest BCUT2D eigenvalue weighted by molar-refractivity contribution is 5.27. The highest BCUT2D eigenvalue weighted by Crippen LogP contribution is 2.29. The highest BCUT2D eigenvalue weighted by Gasteiger charge is 2.31. The van der Waals surface area contributed by atoms with E-state index in [4.69, 9.17) is 4.74 Å². The molecule has 5 heteroatoms. The summed E-state index contributed by atoms with van der Waals surface area (Å²) in [6.07, 6.45) is 1.73. The van der Waals surface area contributed by atoms with Crippen LogP contribution in [0.4, 0.5) is 0 Å². The van der Waals surface area contributed by atoms with Crippen LogP contribution in [0.3, 0.4) is 0 Å². The Morgan fingerprint density at radius 3 is 2.79 bits per heavy atom. The summed E-state index contributed by atoms with van der Waals surface area (Å²) < 4.78 is 5.33. The molecule has 0 spiro atoms. The van der Waals surface area contributed by atoms with Crippen molar-refractivity contribution in [3.05, 3.63) is 23.5 Å². The number of aliphatic hydroxyl groups is 1. The van der Waals surface area contributed by atoms with Crippen molar-refractivity contribution in [2.75, 3.05) is 26.4 Å². The molecule has 1 saturated heterocycles. The Balaban J connectivity index is 1.90. The summed E-state index contributed by atoms with van der Waals surface area (Å²) in [6.45, 7) is 4.69. The van der Waals surface area contributed by atoms with Crippen LogP contribution in [0.2, 0.25) is 0 Å². The van der Waals surface area contributed by atoms with Gasteiger partial charge in [0, 0.05) is 37.4 Å². The molecule has 1 aromatic heterocycles.